The van der Waals surface area contributed by atoms with E-state index in [0.29, 0.717) is 11.8 Å². The van der Waals surface area contributed by atoms with Crippen molar-refractivity contribution in [2.24, 2.45) is 17.8 Å². The molecular formula is C16H17ClFNO3. The quantitative estimate of drug-likeness (QED) is 0.893. The van der Waals surface area contributed by atoms with Crippen LogP contribution < -0.4 is 5.32 Å². The molecule has 3 unspecified atom stereocenters. The molecule has 0 radical (unpaired) electrons. The zero-order chi connectivity index (χ0) is 15.9. The van der Waals surface area contributed by atoms with Gasteiger partial charge in [-0.25, -0.2) is 9.18 Å². The number of aliphatic carboxylic acids is 1. The molecule has 2 saturated carbocycles. The minimum Gasteiger partial charge on any atom is -0.479 e. The van der Waals surface area contributed by atoms with Gasteiger partial charge in [-0.2, -0.15) is 0 Å². The lowest BCUT2D eigenvalue weighted by Gasteiger charge is -2.15. The zero-order valence-electron chi connectivity index (χ0n) is 11.9. The number of rotatable bonds is 4. The summed E-state index contributed by atoms with van der Waals surface area (Å²) < 4.78 is 13.5. The standard InChI is InChI=1S/C16H17ClFNO3/c17-11-6-5-8(7-12(11)18)14(16(21)22)19-15(20)13-9-3-1-2-4-10(9)13/h5-7,9-10,13-14H,1-4H2,(H,19,20)(H,21,22). The fraction of sp³-hybridized carbons (Fsp3) is 0.500. The molecule has 3 rings (SSSR count). The molecule has 2 N–H and O–H groups in total. The van der Waals surface area contributed by atoms with Gasteiger partial charge in [0.25, 0.3) is 0 Å². The first-order valence-corrected chi connectivity index (χ1v) is 7.85. The first kappa shape index (κ1) is 15.3. The Hall–Kier alpha value is -1.62. The van der Waals surface area contributed by atoms with Gasteiger partial charge in [0.1, 0.15) is 5.82 Å². The molecule has 1 amide bonds. The van der Waals surface area contributed by atoms with E-state index < -0.39 is 17.8 Å². The van der Waals surface area contributed by atoms with Crippen LogP contribution in [0.3, 0.4) is 0 Å². The molecule has 3 atom stereocenters. The number of hydrogen-bond donors (Lipinski definition) is 2. The molecule has 0 aromatic heterocycles. The van der Waals surface area contributed by atoms with Crippen LogP contribution in [0.25, 0.3) is 0 Å². The Kier molecular flexibility index (Phi) is 4.08. The molecule has 0 aliphatic heterocycles. The van der Waals surface area contributed by atoms with Crippen LogP contribution in [0.4, 0.5) is 4.39 Å². The number of fused-ring (bicyclic) bond motifs is 1. The molecule has 0 spiro atoms. The van der Waals surface area contributed by atoms with Crippen LogP contribution in [-0.4, -0.2) is 17.0 Å². The second-order valence-corrected chi connectivity index (χ2v) is 6.50. The van der Waals surface area contributed by atoms with Gasteiger partial charge in [-0.1, -0.05) is 30.5 Å². The normalized spacial score (nSPS) is 27.6. The number of carbonyl (C=O) groups is 2. The number of hydrogen-bond acceptors (Lipinski definition) is 2. The Morgan fingerprint density at radius 3 is 2.45 bits per heavy atom. The van der Waals surface area contributed by atoms with Gasteiger partial charge in [-0.05, 0) is 42.4 Å². The number of carboxylic acids is 1. The predicted molar refractivity (Wildman–Crippen MR) is 78.9 cm³/mol. The van der Waals surface area contributed by atoms with Crippen LogP contribution in [0.5, 0.6) is 0 Å². The lowest BCUT2D eigenvalue weighted by atomic mass is 10.0. The molecule has 2 fully saturated rings. The van der Waals surface area contributed by atoms with Crippen molar-refractivity contribution in [3.63, 3.8) is 0 Å². The summed E-state index contributed by atoms with van der Waals surface area (Å²) in [6, 6.07) is 2.53. The van der Waals surface area contributed by atoms with Crippen molar-refractivity contribution in [3.05, 3.63) is 34.6 Å². The van der Waals surface area contributed by atoms with Crippen LogP contribution in [0.15, 0.2) is 18.2 Å². The maximum absolute atomic E-state index is 13.5. The minimum atomic E-state index is -1.25. The summed E-state index contributed by atoms with van der Waals surface area (Å²) in [4.78, 5) is 23.7. The number of carbonyl (C=O) groups excluding carboxylic acids is 1. The monoisotopic (exact) mass is 325 g/mol. The van der Waals surface area contributed by atoms with Crippen molar-refractivity contribution in [2.75, 3.05) is 0 Å². The smallest absolute Gasteiger partial charge is 0.330 e. The van der Waals surface area contributed by atoms with Crippen LogP contribution >= 0.6 is 11.6 Å². The molecule has 118 valence electrons. The van der Waals surface area contributed by atoms with Crippen molar-refractivity contribution in [1.29, 1.82) is 0 Å². The maximum atomic E-state index is 13.5. The molecular weight excluding hydrogens is 309 g/mol. The summed E-state index contributed by atoms with van der Waals surface area (Å²) >= 11 is 5.60. The van der Waals surface area contributed by atoms with E-state index >= 15 is 0 Å². The van der Waals surface area contributed by atoms with E-state index in [1.807, 2.05) is 0 Å². The summed E-state index contributed by atoms with van der Waals surface area (Å²) in [6.07, 6.45) is 4.34. The highest BCUT2D eigenvalue weighted by atomic mass is 35.5. The van der Waals surface area contributed by atoms with E-state index in [2.05, 4.69) is 5.32 Å². The highest BCUT2D eigenvalue weighted by molar-refractivity contribution is 6.30. The topological polar surface area (TPSA) is 66.4 Å². The molecule has 6 heteroatoms. The Morgan fingerprint density at radius 2 is 1.91 bits per heavy atom. The van der Waals surface area contributed by atoms with Crippen LogP contribution in [0.2, 0.25) is 5.02 Å². The van der Waals surface area contributed by atoms with E-state index in [0.717, 1.165) is 31.7 Å². The van der Waals surface area contributed by atoms with Crippen LogP contribution in [-0.2, 0) is 9.59 Å². The van der Waals surface area contributed by atoms with Crippen molar-refractivity contribution >= 4 is 23.5 Å². The molecule has 4 nitrogen and oxygen atoms in total. The molecule has 2 aliphatic rings. The second-order valence-electron chi connectivity index (χ2n) is 6.09. The fourth-order valence-electron chi connectivity index (χ4n) is 3.60. The maximum Gasteiger partial charge on any atom is 0.330 e. The largest absolute Gasteiger partial charge is 0.479 e. The van der Waals surface area contributed by atoms with Crippen LogP contribution in [0.1, 0.15) is 37.3 Å². The van der Waals surface area contributed by atoms with E-state index in [1.54, 1.807) is 0 Å². The zero-order valence-corrected chi connectivity index (χ0v) is 12.6. The van der Waals surface area contributed by atoms with Gasteiger partial charge in [-0.3, -0.25) is 4.79 Å². The average molecular weight is 326 g/mol. The predicted octanol–water partition coefficient (Wildman–Crippen LogP) is 3.16. The van der Waals surface area contributed by atoms with Crippen molar-refractivity contribution in [1.82, 2.24) is 5.32 Å². The fourth-order valence-corrected chi connectivity index (χ4v) is 3.72. The summed E-state index contributed by atoms with van der Waals surface area (Å²) in [5.74, 6) is -1.44. The Labute approximate surface area is 132 Å². The number of carboxylic acid groups (broad SMARTS) is 1. The van der Waals surface area contributed by atoms with E-state index in [1.165, 1.54) is 12.1 Å². The van der Waals surface area contributed by atoms with Crippen molar-refractivity contribution in [2.45, 2.75) is 31.7 Å². The minimum absolute atomic E-state index is 0.0765. The van der Waals surface area contributed by atoms with Gasteiger partial charge < -0.3 is 10.4 Å². The van der Waals surface area contributed by atoms with Crippen molar-refractivity contribution in [3.8, 4) is 0 Å². The average Bonchev–Trinajstić information content (AvgIpc) is 3.21. The number of nitrogens with one attached hydrogen (secondary N) is 1. The third kappa shape index (κ3) is 2.82. The van der Waals surface area contributed by atoms with Gasteiger partial charge in [0.05, 0.1) is 5.02 Å². The Bertz CT molecular complexity index is 609. The summed E-state index contributed by atoms with van der Waals surface area (Å²) in [7, 11) is 0. The van der Waals surface area contributed by atoms with E-state index in [4.69, 9.17) is 11.6 Å². The van der Waals surface area contributed by atoms with E-state index in [-0.39, 0.29) is 22.4 Å². The summed E-state index contributed by atoms with van der Waals surface area (Å²) in [5, 5.41) is 11.8. The summed E-state index contributed by atoms with van der Waals surface area (Å²) in [6.45, 7) is 0. The second kappa shape index (κ2) is 5.88. The highest BCUT2D eigenvalue weighted by Crippen LogP contribution is 2.55. The van der Waals surface area contributed by atoms with Gasteiger partial charge in [0.2, 0.25) is 5.91 Å². The Balaban J connectivity index is 1.73. The SMILES string of the molecule is O=C(O)C(NC(=O)C1C2CCCCC21)c1ccc(Cl)c(F)c1. The molecule has 1 aromatic carbocycles. The van der Waals surface area contributed by atoms with Gasteiger partial charge in [-0.15, -0.1) is 0 Å². The van der Waals surface area contributed by atoms with Gasteiger partial charge in [0.15, 0.2) is 6.04 Å². The van der Waals surface area contributed by atoms with E-state index in [9.17, 15) is 19.1 Å². The highest BCUT2D eigenvalue weighted by Gasteiger charge is 2.55. The molecule has 0 bridgehead atoms. The molecule has 1 aromatic rings. The first-order chi connectivity index (χ1) is 10.5. The van der Waals surface area contributed by atoms with Crippen LogP contribution in [0, 0.1) is 23.6 Å². The third-order valence-corrected chi connectivity index (χ3v) is 5.08. The van der Waals surface area contributed by atoms with Gasteiger partial charge in [0, 0.05) is 5.92 Å². The molecule has 0 heterocycles. The molecule has 0 saturated heterocycles. The molecule has 22 heavy (non-hydrogen) atoms. The summed E-state index contributed by atoms with van der Waals surface area (Å²) in [5.41, 5.74) is 0.186. The Morgan fingerprint density at radius 1 is 1.27 bits per heavy atom. The number of benzene rings is 1. The third-order valence-electron chi connectivity index (χ3n) is 4.77. The van der Waals surface area contributed by atoms with Crippen molar-refractivity contribution < 1.29 is 19.1 Å². The lowest BCUT2D eigenvalue weighted by Crippen LogP contribution is -2.35. The number of amides is 1. The first-order valence-electron chi connectivity index (χ1n) is 7.47. The van der Waals surface area contributed by atoms with Gasteiger partial charge >= 0.3 is 5.97 Å². The molecule has 2 aliphatic carbocycles. The lowest BCUT2D eigenvalue weighted by molar-refractivity contribution is -0.142. The number of halogens is 2.